The van der Waals surface area contributed by atoms with Crippen molar-refractivity contribution in [3.63, 3.8) is 0 Å². The quantitative estimate of drug-likeness (QED) is 0.852. The van der Waals surface area contributed by atoms with Crippen molar-refractivity contribution in [1.82, 2.24) is 0 Å². The fourth-order valence-electron chi connectivity index (χ4n) is 1.52. The van der Waals surface area contributed by atoms with Crippen LogP contribution in [0.5, 0.6) is 11.5 Å². The molecule has 96 valence electrons. The van der Waals surface area contributed by atoms with Gasteiger partial charge < -0.3 is 15.6 Å². The minimum atomic E-state index is -0.511. The molecule has 0 aliphatic rings. The molecule has 1 aromatic carbocycles. The first kappa shape index (κ1) is 13.8. The summed E-state index contributed by atoms with van der Waals surface area (Å²) in [5.41, 5.74) is 5.98. The summed E-state index contributed by atoms with van der Waals surface area (Å²) in [7, 11) is 0. The molecule has 0 saturated heterocycles. The van der Waals surface area contributed by atoms with E-state index in [1.54, 1.807) is 12.1 Å². The molecule has 3 N–H and O–H groups in total. The molecular formula is C13H20FNO2. The summed E-state index contributed by atoms with van der Waals surface area (Å²) in [5, 5.41) is 9.67. The van der Waals surface area contributed by atoms with E-state index in [0.717, 1.165) is 0 Å². The molecule has 0 bridgehead atoms. The molecule has 4 heteroatoms. The molecule has 0 unspecified atom stereocenters. The maximum atomic E-state index is 12.2. The fourth-order valence-corrected chi connectivity index (χ4v) is 1.52. The molecule has 1 atom stereocenters. The third kappa shape index (κ3) is 4.23. The molecule has 0 heterocycles. The van der Waals surface area contributed by atoms with Crippen LogP contribution >= 0.6 is 0 Å². The molecule has 1 aromatic rings. The Bertz CT molecular complexity index is 374. The minimum absolute atomic E-state index is 0.0761. The normalized spacial score (nSPS) is 13.5. The Labute approximate surface area is 101 Å². The van der Waals surface area contributed by atoms with Gasteiger partial charge in [0.05, 0.1) is 6.67 Å². The van der Waals surface area contributed by atoms with Crippen molar-refractivity contribution in [3.05, 3.63) is 23.8 Å². The molecular weight excluding hydrogens is 221 g/mol. The van der Waals surface area contributed by atoms with Crippen LogP contribution in [0.3, 0.4) is 0 Å². The zero-order valence-corrected chi connectivity index (χ0v) is 10.5. The predicted octanol–water partition coefficient (Wildman–Crippen LogP) is 2.93. The number of halogens is 1. The van der Waals surface area contributed by atoms with Gasteiger partial charge >= 0.3 is 0 Å². The summed E-state index contributed by atoms with van der Waals surface area (Å²) < 4.78 is 17.9. The van der Waals surface area contributed by atoms with Gasteiger partial charge in [-0.3, -0.25) is 4.39 Å². The Balaban J connectivity index is 2.94. The Morgan fingerprint density at radius 1 is 1.41 bits per heavy atom. The minimum Gasteiger partial charge on any atom is -0.508 e. The van der Waals surface area contributed by atoms with Crippen molar-refractivity contribution >= 4 is 0 Å². The highest BCUT2D eigenvalue weighted by Gasteiger charge is 2.16. The average Bonchev–Trinajstić information content (AvgIpc) is 2.19. The molecule has 1 rings (SSSR count). The Hall–Kier alpha value is -1.29. The lowest BCUT2D eigenvalue weighted by Crippen LogP contribution is -2.23. The van der Waals surface area contributed by atoms with Crippen LogP contribution in [0, 0.1) is 0 Å². The standard InChI is InChI=1S/C13H20FNO2/c1-13(2,3)17-9-4-5-12(16)10(8-9)11(15)6-7-14/h4-5,8,11,16H,6-7,15H2,1-3H3/t11-/m1/s1. The number of benzene rings is 1. The number of hydrogen-bond donors (Lipinski definition) is 2. The van der Waals surface area contributed by atoms with Crippen molar-refractivity contribution in [2.24, 2.45) is 5.73 Å². The second-order valence-corrected chi connectivity index (χ2v) is 5.02. The highest BCUT2D eigenvalue weighted by atomic mass is 19.1. The van der Waals surface area contributed by atoms with Gasteiger partial charge in [0, 0.05) is 11.6 Å². The number of alkyl halides is 1. The molecule has 0 radical (unpaired) electrons. The van der Waals surface area contributed by atoms with Crippen LogP contribution in [0.2, 0.25) is 0 Å². The van der Waals surface area contributed by atoms with Crippen LogP contribution in [0.25, 0.3) is 0 Å². The van der Waals surface area contributed by atoms with E-state index in [1.165, 1.54) is 6.07 Å². The van der Waals surface area contributed by atoms with Crippen LogP contribution in [-0.4, -0.2) is 17.4 Å². The largest absolute Gasteiger partial charge is 0.508 e. The highest BCUT2D eigenvalue weighted by Crippen LogP contribution is 2.30. The third-order valence-corrected chi connectivity index (χ3v) is 2.24. The van der Waals surface area contributed by atoms with E-state index in [-0.39, 0.29) is 17.8 Å². The second kappa shape index (κ2) is 5.36. The lowest BCUT2D eigenvalue weighted by atomic mass is 10.0. The van der Waals surface area contributed by atoms with Gasteiger partial charge in [-0.05, 0) is 45.4 Å². The van der Waals surface area contributed by atoms with Gasteiger partial charge in [-0.25, -0.2) is 0 Å². The summed E-state index contributed by atoms with van der Waals surface area (Å²) in [6.45, 7) is 5.29. The summed E-state index contributed by atoms with van der Waals surface area (Å²) in [6.07, 6.45) is 0.187. The number of rotatable bonds is 4. The van der Waals surface area contributed by atoms with Gasteiger partial charge in [0.25, 0.3) is 0 Å². The van der Waals surface area contributed by atoms with E-state index >= 15 is 0 Å². The first-order valence-electron chi connectivity index (χ1n) is 5.67. The van der Waals surface area contributed by atoms with E-state index in [4.69, 9.17) is 10.5 Å². The van der Waals surface area contributed by atoms with Crippen LogP contribution in [-0.2, 0) is 0 Å². The summed E-state index contributed by atoms with van der Waals surface area (Å²) in [4.78, 5) is 0. The highest BCUT2D eigenvalue weighted by molar-refractivity contribution is 5.41. The van der Waals surface area contributed by atoms with Gasteiger partial charge in [-0.2, -0.15) is 0 Å². The topological polar surface area (TPSA) is 55.5 Å². The Morgan fingerprint density at radius 2 is 2.06 bits per heavy atom. The lowest BCUT2D eigenvalue weighted by molar-refractivity contribution is 0.130. The lowest BCUT2D eigenvalue weighted by Gasteiger charge is -2.22. The molecule has 0 saturated carbocycles. The summed E-state index contributed by atoms with van der Waals surface area (Å²) in [5.74, 6) is 0.701. The molecule has 0 spiro atoms. The number of nitrogens with two attached hydrogens (primary N) is 1. The molecule has 0 aromatic heterocycles. The first-order chi connectivity index (χ1) is 7.83. The molecule has 0 aliphatic carbocycles. The predicted molar refractivity (Wildman–Crippen MR) is 66.0 cm³/mol. The van der Waals surface area contributed by atoms with E-state index in [9.17, 15) is 9.50 Å². The third-order valence-electron chi connectivity index (χ3n) is 2.24. The van der Waals surface area contributed by atoms with Gasteiger partial charge in [0.2, 0.25) is 0 Å². The number of phenolic OH excluding ortho intramolecular Hbond substituents is 1. The maximum Gasteiger partial charge on any atom is 0.120 e. The van der Waals surface area contributed by atoms with E-state index in [1.807, 2.05) is 20.8 Å². The second-order valence-electron chi connectivity index (χ2n) is 5.02. The number of hydrogen-bond acceptors (Lipinski definition) is 3. The fraction of sp³-hybridized carbons (Fsp3) is 0.538. The zero-order valence-electron chi connectivity index (χ0n) is 10.5. The van der Waals surface area contributed by atoms with Crippen molar-refractivity contribution in [2.45, 2.75) is 38.8 Å². The molecule has 17 heavy (non-hydrogen) atoms. The average molecular weight is 241 g/mol. The van der Waals surface area contributed by atoms with E-state index < -0.39 is 12.7 Å². The first-order valence-corrected chi connectivity index (χ1v) is 5.67. The van der Waals surface area contributed by atoms with Gasteiger partial charge in [-0.1, -0.05) is 0 Å². The van der Waals surface area contributed by atoms with Gasteiger partial charge in [0.15, 0.2) is 0 Å². The van der Waals surface area contributed by atoms with E-state index in [0.29, 0.717) is 11.3 Å². The zero-order chi connectivity index (χ0) is 13.1. The van der Waals surface area contributed by atoms with Crippen LogP contribution < -0.4 is 10.5 Å². The number of phenols is 1. The van der Waals surface area contributed by atoms with Crippen molar-refractivity contribution in [2.75, 3.05) is 6.67 Å². The van der Waals surface area contributed by atoms with Gasteiger partial charge in [0.1, 0.15) is 17.1 Å². The van der Waals surface area contributed by atoms with Crippen molar-refractivity contribution in [3.8, 4) is 11.5 Å². The monoisotopic (exact) mass is 241 g/mol. The summed E-state index contributed by atoms with van der Waals surface area (Å²) in [6, 6.07) is 4.35. The Kier molecular flexibility index (Phi) is 4.34. The van der Waals surface area contributed by atoms with Crippen LogP contribution in [0.15, 0.2) is 18.2 Å². The molecule has 3 nitrogen and oxygen atoms in total. The summed E-state index contributed by atoms with van der Waals surface area (Å²) >= 11 is 0. The smallest absolute Gasteiger partial charge is 0.120 e. The SMILES string of the molecule is CC(C)(C)Oc1ccc(O)c([C@H](N)CCF)c1. The number of aromatic hydroxyl groups is 1. The van der Waals surface area contributed by atoms with Crippen LogP contribution in [0.1, 0.15) is 38.8 Å². The van der Waals surface area contributed by atoms with Gasteiger partial charge in [-0.15, -0.1) is 0 Å². The molecule has 0 amide bonds. The molecule has 0 fully saturated rings. The van der Waals surface area contributed by atoms with Crippen molar-refractivity contribution < 1.29 is 14.2 Å². The Morgan fingerprint density at radius 3 is 2.59 bits per heavy atom. The van der Waals surface area contributed by atoms with Crippen LogP contribution in [0.4, 0.5) is 4.39 Å². The maximum absolute atomic E-state index is 12.2. The molecule has 0 aliphatic heterocycles. The van der Waals surface area contributed by atoms with E-state index in [2.05, 4.69) is 0 Å². The van der Waals surface area contributed by atoms with Crippen molar-refractivity contribution in [1.29, 1.82) is 0 Å². The number of ether oxygens (including phenoxy) is 1.